The lowest BCUT2D eigenvalue weighted by atomic mass is 10.0. The van der Waals surface area contributed by atoms with Crippen molar-refractivity contribution in [3.05, 3.63) is 83.9 Å². The maximum absolute atomic E-state index is 12.3. The van der Waals surface area contributed by atoms with Gasteiger partial charge in [0.25, 0.3) is 5.91 Å². The second-order valence-electron chi connectivity index (χ2n) is 6.60. The number of hydrazine groups is 1. The molecular formula is C23H20N2O4. The van der Waals surface area contributed by atoms with Crippen LogP contribution in [0, 0.1) is 0 Å². The van der Waals surface area contributed by atoms with E-state index in [1.165, 1.54) is 0 Å². The summed E-state index contributed by atoms with van der Waals surface area (Å²) in [6, 6.07) is 22.7. The Kier molecular flexibility index (Phi) is 5.42. The predicted octanol–water partition coefficient (Wildman–Crippen LogP) is 3.13. The van der Waals surface area contributed by atoms with Crippen molar-refractivity contribution in [2.45, 2.75) is 6.42 Å². The molecule has 6 nitrogen and oxygen atoms in total. The first-order valence-corrected chi connectivity index (χ1v) is 9.32. The van der Waals surface area contributed by atoms with Crippen molar-refractivity contribution in [2.75, 3.05) is 13.2 Å². The molecule has 1 aliphatic rings. The van der Waals surface area contributed by atoms with E-state index < -0.39 is 5.91 Å². The van der Waals surface area contributed by atoms with Crippen LogP contribution in [0.1, 0.15) is 15.9 Å². The molecule has 0 saturated heterocycles. The van der Waals surface area contributed by atoms with Gasteiger partial charge < -0.3 is 9.47 Å². The number of rotatable bonds is 4. The minimum Gasteiger partial charge on any atom is -0.486 e. The van der Waals surface area contributed by atoms with E-state index in [9.17, 15) is 9.59 Å². The number of nitrogens with one attached hydrogen (secondary N) is 2. The number of benzene rings is 3. The van der Waals surface area contributed by atoms with Crippen LogP contribution in [0.4, 0.5) is 0 Å². The van der Waals surface area contributed by atoms with Gasteiger partial charge in [-0.05, 0) is 34.9 Å². The minimum atomic E-state index is -0.422. The molecule has 0 aromatic heterocycles. The summed E-state index contributed by atoms with van der Waals surface area (Å²) in [6.07, 6.45) is 0.163. The third-order valence-corrected chi connectivity index (χ3v) is 4.55. The summed E-state index contributed by atoms with van der Waals surface area (Å²) in [6.45, 7) is 0.929. The Morgan fingerprint density at radius 1 is 0.759 bits per heavy atom. The standard InChI is InChI=1S/C23H20N2O4/c26-22(14-16-6-8-18(9-7-16)17-4-2-1-3-5-17)24-25-23(27)19-10-11-20-21(15-19)29-13-12-28-20/h1-11,15H,12-14H2,(H,24,26)(H,25,27). The molecule has 0 saturated carbocycles. The van der Waals surface area contributed by atoms with Crippen molar-refractivity contribution < 1.29 is 19.1 Å². The average Bonchev–Trinajstić information content (AvgIpc) is 2.78. The number of fused-ring (bicyclic) bond motifs is 1. The van der Waals surface area contributed by atoms with Gasteiger partial charge in [0.2, 0.25) is 5.91 Å². The third-order valence-electron chi connectivity index (χ3n) is 4.55. The van der Waals surface area contributed by atoms with Gasteiger partial charge in [-0.1, -0.05) is 54.6 Å². The monoisotopic (exact) mass is 388 g/mol. The van der Waals surface area contributed by atoms with Gasteiger partial charge >= 0.3 is 0 Å². The highest BCUT2D eigenvalue weighted by Crippen LogP contribution is 2.30. The fourth-order valence-electron chi connectivity index (χ4n) is 3.06. The topological polar surface area (TPSA) is 76.7 Å². The zero-order valence-corrected chi connectivity index (χ0v) is 15.7. The van der Waals surface area contributed by atoms with Crippen molar-refractivity contribution >= 4 is 11.8 Å². The maximum Gasteiger partial charge on any atom is 0.269 e. The summed E-state index contributed by atoms with van der Waals surface area (Å²) in [5, 5.41) is 0. The number of amides is 2. The normalized spacial score (nSPS) is 12.1. The molecule has 146 valence electrons. The van der Waals surface area contributed by atoms with E-state index in [0.29, 0.717) is 30.3 Å². The average molecular weight is 388 g/mol. The van der Waals surface area contributed by atoms with Gasteiger partial charge in [0.15, 0.2) is 11.5 Å². The summed E-state index contributed by atoms with van der Waals surface area (Å²) < 4.78 is 10.9. The van der Waals surface area contributed by atoms with Gasteiger partial charge in [0.1, 0.15) is 13.2 Å². The lowest BCUT2D eigenvalue weighted by Crippen LogP contribution is -2.42. The zero-order chi connectivity index (χ0) is 20.1. The van der Waals surface area contributed by atoms with E-state index in [0.717, 1.165) is 16.7 Å². The van der Waals surface area contributed by atoms with E-state index in [4.69, 9.17) is 9.47 Å². The molecule has 3 aromatic rings. The van der Waals surface area contributed by atoms with Crippen molar-refractivity contribution in [3.63, 3.8) is 0 Å². The molecule has 6 heteroatoms. The van der Waals surface area contributed by atoms with E-state index in [-0.39, 0.29) is 12.3 Å². The molecule has 2 amide bonds. The minimum absolute atomic E-state index is 0.163. The van der Waals surface area contributed by atoms with Gasteiger partial charge in [0.05, 0.1) is 6.42 Å². The lowest BCUT2D eigenvalue weighted by Gasteiger charge is -2.18. The highest BCUT2D eigenvalue weighted by atomic mass is 16.6. The van der Waals surface area contributed by atoms with Crippen LogP contribution in [-0.2, 0) is 11.2 Å². The molecule has 1 aliphatic heterocycles. The Morgan fingerprint density at radius 2 is 1.45 bits per heavy atom. The summed E-state index contributed by atoms with van der Waals surface area (Å²) >= 11 is 0. The highest BCUT2D eigenvalue weighted by Gasteiger charge is 2.15. The van der Waals surface area contributed by atoms with Crippen LogP contribution in [-0.4, -0.2) is 25.0 Å². The summed E-state index contributed by atoms with van der Waals surface area (Å²) in [5.41, 5.74) is 8.31. The molecule has 0 bridgehead atoms. The summed E-state index contributed by atoms with van der Waals surface area (Å²) in [7, 11) is 0. The molecule has 0 atom stereocenters. The first kappa shape index (κ1) is 18.6. The van der Waals surface area contributed by atoms with E-state index >= 15 is 0 Å². The van der Waals surface area contributed by atoms with Gasteiger partial charge in [-0.3, -0.25) is 20.4 Å². The fraction of sp³-hybridized carbons (Fsp3) is 0.130. The molecular weight excluding hydrogens is 368 g/mol. The second kappa shape index (κ2) is 8.48. The Labute approximate surface area is 168 Å². The SMILES string of the molecule is O=C(Cc1ccc(-c2ccccc2)cc1)NNC(=O)c1ccc2c(c1)OCCO2. The van der Waals surface area contributed by atoms with Crippen molar-refractivity contribution in [1.29, 1.82) is 0 Å². The van der Waals surface area contributed by atoms with Crippen molar-refractivity contribution in [1.82, 2.24) is 10.9 Å². The smallest absolute Gasteiger partial charge is 0.269 e. The molecule has 3 aromatic carbocycles. The lowest BCUT2D eigenvalue weighted by molar-refractivity contribution is -0.121. The van der Waals surface area contributed by atoms with Gasteiger partial charge in [-0.2, -0.15) is 0 Å². The molecule has 0 unspecified atom stereocenters. The summed E-state index contributed by atoms with van der Waals surface area (Å²) in [5.74, 6) is 0.405. The van der Waals surface area contributed by atoms with Crippen LogP contribution in [0.25, 0.3) is 11.1 Å². The summed E-state index contributed by atoms with van der Waals surface area (Å²) in [4.78, 5) is 24.4. The van der Waals surface area contributed by atoms with Crippen molar-refractivity contribution in [2.24, 2.45) is 0 Å². The first-order chi connectivity index (χ1) is 14.2. The highest BCUT2D eigenvalue weighted by molar-refractivity contribution is 5.96. The molecule has 0 fully saturated rings. The number of ether oxygens (including phenoxy) is 2. The number of carbonyl (C=O) groups excluding carboxylic acids is 2. The molecule has 0 aliphatic carbocycles. The van der Waals surface area contributed by atoms with Gasteiger partial charge in [0, 0.05) is 5.56 Å². The number of carbonyl (C=O) groups is 2. The van der Waals surface area contributed by atoms with E-state index in [1.54, 1.807) is 18.2 Å². The molecule has 1 heterocycles. The van der Waals surface area contributed by atoms with Crippen molar-refractivity contribution in [3.8, 4) is 22.6 Å². The Morgan fingerprint density at radius 3 is 2.21 bits per heavy atom. The predicted molar refractivity (Wildman–Crippen MR) is 109 cm³/mol. The Bertz CT molecular complexity index is 1020. The number of hydrogen-bond donors (Lipinski definition) is 2. The number of hydrogen-bond acceptors (Lipinski definition) is 4. The van der Waals surface area contributed by atoms with Gasteiger partial charge in [-0.25, -0.2) is 0 Å². The molecule has 0 spiro atoms. The zero-order valence-electron chi connectivity index (χ0n) is 15.7. The first-order valence-electron chi connectivity index (χ1n) is 9.32. The quantitative estimate of drug-likeness (QED) is 0.674. The molecule has 29 heavy (non-hydrogen) atoms. The van der Waals surface area contributed by atoms with E-state index in [1.807, 2.05) is 54.6 Å². The van der Waals surface area contributed by atoms with Crippen LogP contribution < -0.4 is 20.3 Å². The third kappa shape index (κ3) is 4.55. The maximum atomic E-state index is 12.3. The second-order valence-corrected chi connectivity index (χ2v) is 6.60. The molecule has 2 N–H and O–H groups in total. The fourth-order valence-corrected chi connectivity index (χ4v) is 3.06. The van der Waals surface area contributed by atoms with Crippen LogP contribution in [0.5, 0.6) is 11.5 Å². The van der Waals surface area contributed by atoms with E-state index in [2.05, 4.69) is 10.9 Å². The van der Waals surface area contributed by atoms with Crippen LogP contribution in [0.15, 0.2) is 72.8 Å². The molecule has 4 rings (SSSR count). The molecule has 0 radical (unpaired) electrons. The Balaban J connectivity index is 1.31. The largest absolute Gasteiger partial charge is 0.486 e. The Hall–Kier alpha value is -3.80. The van der Waals surface area contributed by atoms with Crippen LogP contribution in [0.2, 0.25) is 0 Å². The van der Waals surface area contributed by atoms with Crippen LogP contribution >= 0.6 is 0 Å². The van der Waals surface area contributed by atoms with Gasteiger partial charge in [-0.15, -0.1) is 0 Å². The van der Waals surface area contributed by atoms with Crippen LogP contribution in [0.3, 0.4) is 0 Å².